The molecule has 1 aromatic carbocycles. The van der Waals surface area contributed by atoms with E-state index in [0.717, 1.165) is 23.4 Å². The summed E-state index contributed by atoms with van der Waals surface area (Å²) in [5.74, 6) is 0.878. The lowest BCUT2D eigenvalue weighted by atomic mass is 10.2. The maximum absolute atomic E-state index is 5.77. The molecule has 0 saturated heterocycles. The number of H-pyrrole nitrogens is 1. The normalized spacial score (nSPS) is 12.2. The van der Waals surface area contributed by atoms with E-state index in [4.69, 9.17) is 10.5 Å². The molecule has 0 saturated carbocycles. The van der Waals surface area contributed by atoms with Gasteiger partial charge in [-0.1, -0.05) is 12.1 Å². The van der Waals surface area contributed by atoms with Crippen LogP contribution >= 0.6 is 12.4 Å². The van der Waals surface area contributed by atoms with Crippen LogP contribution in [0, 0.1) is 0 Å². The number of aromatic nitrogens is 1. The summed E-state index contributed by atoms with van der Waals surface area (Å²) in [6.45, 7) is 2.00. The van der Waals surface area contributed by atoms with Crippen LogP contribution in [0.1, 0.15) is 12.6 Å². The largest absolute Gasteiger partial charge is 0.495 e. The third kappa shape index (κ3) is 2.49. The fraction of sp³-hybridized carbons (Fsp3) is 0.333. The molecule has 2 rings (SSSR count). The molecule has 3 N–H and O–H groups in total. The summed E-state index contributed by atoms with van der Waals surface area (Å²) in [4.78, 5) is 3.34. The Hall–Kier alpha value is -1.19. The SMILES string of the molecule is COc1cccc2cc(CC(C)N)[nH]c12.Cl. The second-order valence-electron chi connectivity index (χ2n) is 3.90. The number of rotatable bonds is 3. The van der Waals surface area contributed by atoms with E-state index in [2.05, 4.69) is 17.1 Å². The number of halogens is 1. The van der Waals surface area contributed by atoms with Crippen molar-refractivity contribution in [2.24, 2.45) is 5.73 Å². The second kappa shape index (κ2) is 5.23. The lowest BCUT2D eigenvalue weighted by Crippen LogP contribution is -2.17. The van der Waals surface area contributed by atoms with Crippen LogP contribution in [0.25, 0.3) is 10.9 Å². The Morgan fingerprint density at radius 3 is 2.81 bits per heavy atom. The lowest BCUT2D eigenvalue weighted by molar-refractivity contribution is 0.419. The van der Waals surface area contributed by atoms with Crippen LogP contribution in [0.3, 0.4) is 0 Å². The standard InChI is InChI=1S/C12H16N2O.ClH/c1-8(13)6-10-7-9-4-3-5-11(15-2)12(9)14-10;/h3-5,7-8,14H,6,13H2,1-2H3;1H. The first-order chi connectivity index (χ1) is 7.20. The maximum atomic E-state index is 5.77. The first-order valence-corrected chi connectivity index (χ1v) is 5.11. The van der Waals surface area contributed by atoms with Crippen LogP contribution in [0.15, 0.2) is 24.3 Å². The number of methoxy groups -OCH3 is 1. The molecule has 16 heavy (non-hydrogen) atoms. The molecule has 0 bridgehead atoms. The summed E-state index contributed by atoms with van der Waals surface area (Å²) in [7, 11) is 1.68. The second-order valence-corrected chi connectivity index (χ2v) is 3.90. The molecule has 1 unspecified atom stereocenters. The zero-order valence-corrected chi connectivity index (χ0v) is 10.3. The van der Waals surface area contributed by atoms with Gasteiger partial charge in [-0.2, -0.15) is 0 Å². The topological polar surface area (TPSA) is 51.0 Å². The van der Waals surface area contributed by atoms with E-state index in [1.165, 1.54) is 5.39 Å². The maximum Gasteiger partial charge on any atom is 0.142 e. The van der Waals surface area contributed by atoms with Gasteiger partial charge < -0.3 is 15.5 Å². The van der Waals surface area contributed by atoms with Crippen molar-refractivity contribution in [3.8, 4) is 5.75 Å². The molecule has 0 spiro atoms. The molecule has 0 fully saturated rings. The van der Waals surface area contributed by atoms with Crippen molar-refractivity contribution in [2.75, 3.05) is 7.11 Å². The summed E-state index contributed by atoms with van der Waals surface area (Å²) >= 11 is 0. The van der Waals surface area contributed by atoms with Crippen molar-refractivity contribution in [3.63, 3.8) is 0 Å². The molecular formula is C12H17ClN2O. The summed E-state index contributed by atoms with van der Waals surface area (Å²) in [6.07, 6.45) is 0.859. The molecule has 1 heterocycles. The van der Waals surface area contributed by atoms with Gasteiger partial charge in [-0.25, -0.2) is 0 Å². The number of hydrogen-bond acceptors (Lipinski definition) is 2. The van der Waals surface area contributed by atoms with Crippen molar-refractivity contribution >= 4 is 23.3 Å². The van der Waals surface area contributed by atoms with Crippen LogP contribution in [0.4, 0.5) is 0 Å². The highest BCUT2D eigenvalue weighted by molar-refractivity contribution is 5.86. The minimum Gasteiger partial charge on any atom is -0.495 e. The first kappa shape index (κ1) is 12.9. The fourth-order valence-corrected chi connectivity index (χ4v) is 1.81. The monoisotopic (exact) mass is 240 g/mol. The minimum absolute atomic E-state index is 0. The van der Waals surface area contributed by atoms with Crippen molar-refractivity contribution in [3.05, 3.63) is 30.0 Å². The number of nitrogens with one attached hydrogen (secondary N) is 1. The van der Waals surface area contributed by atoms with Gasteiger partial charge in [0.1, 0.15) is 5.75 Å². The molecular weight excluding hydrogens is 224 g/mol. The van der Waals surface area contributed by atoms with Gasteiger partial charge in [-0.15, -0.1) is 12.4 Å². The highest BCUT2D eigenvalue weighted by atomic mass is 35.5. The van der Waals surface area contributed by atoms with E-state index in [1.54, 1.807) is 7.11 Å². The number of benzene rings is 1. The molecule has 0 aliphatic rings. The van der Waals surface area contributed by atoms with E-state index < -0.39 is 0 Å². The average Bonchev–Trinajstić information content (AvgIpc) is 2.58. The van der Waals surface area contributed by atoms with Gasteiger partial charge in [0.15, 0.2) is 0 Å². The quantitative estimate of drug-likeness (QED) is 0.866. The zero-order valence-electron chi connectivity index (χ0n) is 9.49. The number of fused-ring (bicyclic) bond motifs is 1. The van der Waals surface area contributed by atoms with Gasteiger partial charge in [0.25, 0.3) is 0 Å². The Morgan fingerprint density at radius 2 is 2.19 bits per heavy atom. The fourth-order valence-electron chi connectivity index (χ4n) is 1.81. The molecule has 0 aliphatic carbocycles. The van der Waals surface area contributed by atoms with Gasteiger partial charge >= 0.3 is 0 Å². The molecule has 1 aromatic heterocycles. The molecule has 0 radical (unpaired) electrons. The first-order valence-electron chi connectivity index (χ1n) is 5.11. The van der Waals surface area contributed by atoms with E-state index >= 15 is 0 Å². The third-order valence-corrected chi connectivity index (χ3v) is 2.44. The number of para-hydroxylation sites is 1. The van der Waals surface area contributed by atoms with Gasteiger partial charge in [0, 0.05) is 23.5 Å². The van der Waals surface area contributed by atoms with Gasteiger partial charge in [0.2, 0.25) is 0 Å². The molecule has 0 amide bonds. The zero-order chi connectivity index (χ0) is 10.8. The number of aromatic amines is 1. The van der Waals surface area contributed by atoms with Crippen molar-refractivity contribution in [1.82, 2.24) is 4.98 Å². The molecule has 1 atom stereocenters. The van der Waals surface area contributed by atoms with Crippen molar-refractivity contribution in [2.45, 2.75) is 19.4 Å². The molecule has 3 nitrogen and oxygen atoms in total. The average molecular weight is 241 g/mol. The van der Waals surface area contributed by atoms with Crippen molar-refractivity contribution in [1.29, 1.82) is 0 Å². The Kier molecular flexibility index (Phi) is 4.21. The summed E-state index contributed by atoms with van der Waals surface area (Å²) in [5.41, 5.74) is 7.97. The minimum atomic E-state index is 0. The van der Waals surface area contributed by atoms with Crippen LogP contribution in [-0.4, -0.2) is 18.1 Å². The Balaban J connectivity index is 0.00000128. The summed E-state index contributed by atoms with van der Waals surface area (Å²) < 4.78 is 5.28. The molecule has 2 aromatic rings. The van der Waals surface area contributed by atoms with Crippen molar-refractivity contribution < 1.29 is 4.74 Å². The van der Waals surface area contributed by atoms with Crippen LogP contribution < -0.4 is 10.5 Å². The number of ether oxygens (including phenoxy) is 1. The molecule has 88 valence electrons. The summed E-state index contributed by atoms with van der Waals surface area (Å²) in [5, 5.41) is 1.17. The van der Waals surface area contributed by atoms with Crippen LogP contribution in [-0.2, 0) is 6.42 Å². The predicted octanol–water partition coefficient (Wildman–Crippen LogP) is 2.49. The highest BCUT2D eigenvalue weighted by Gasteiger charge is 2.06. The van der Waals surface area contributed by atoms with Gasteiger partial charge in [0.05, 0.1) is 12.6 Å². The Bertz CT molecular complexity index is 465. The highest BCUT2D eigenvalue weighted by Crippen LogP contribution is 2.25. The van der Waals surface area contributed by atoms with E-state index in [-0.39, 0.29) is 18.4 Å². The third-order valence-electron chi connectivity index (χ3n) is 2.44. The van der Waals surface area contributed by atoms with Crippen LogP contribution in [0.2, 0.25) is 0 Å². The summed E-state index contributed by atoms with van der Waals surface area (Å²) in [6, 6.07) is 8.31. The molecule has 4 heteroatoms. The van der Waals surface area contributed by atoms with E-state index in [1.807, 2.05) is 19.1 Å². The Morgan fingerprint density at radius 1 is 1.44 bits per heavy atom. The number of nitrogens with two attached hydrogens (primary N) is 1. The number of hydrogen-bond donors (Lipinski definition) is 2. The van der Waals surface area contributed by atoms with Gasteiger partial charge in [-0.05, 0) is 19.1 Å². The smallest absolute Gasteiger partial charge is 0.142 e. The molecule has 0 aliphatic heterocycles. The Labute approximate surface area is 101 Å². The van der Waals surface area contributed by atoms with Crippen LogP contribution in [0.5, 0.6) is 5.75 Å². The van der Waals surface area contributed by atoms with E-state index in [9.17, 15) is 0 Å². The van der Waals surface area contributed by atoms with Gasteiger partial charge in [-0.3, -0.25) is 0 Å². The lowest BCUT2D eigenvalue weighted by Gasteiger charge is -2.01. The predicted molar refractivity (Wildman–Crippen MR) is 69.5 cm³/mol. The van der Waals surface area contributed by atoms with E-state index in [0.29, 0.717) is 0 Å².